The molecule has 0 spiro atoms. The molecular formula is C20H18N2O3. The van der Waals surface area contributed by atoms with E-state index in [1.165, 1.54) is 0 Å². The summed E-state index contributed by atoms with van der Waals surface area (Å²) in [5, 5.41) is 0. The van der Waals surface area contributed by atoms with E-state index in [1.54, 1.807) is 21.3 Å². The van der Waals surface area contributed by atoms with Crippen LogP contribution in [0.2, 0.25) is 0 Å². The minimum Gasteiger partial charge on any atom is -0.497 e. The Morgan fingerprint density at radius 1 is 0.840 bits per heavy atom. The van der Waals surface area contributed by atoms with Gasteiger partial charge in [-0.15, -0.1) is 0 Å². The minimum absolute atomic E-state index is 0.689. The van der Waals surface area contributed by atoms with E-state index in [9.17, 15) is 0 Å². The Hall–Kier alpha value is -3.21. The largest absolute Gasteiger partial charge is 0.497 e. The Kier molecular flexibility index (Phi) is 3.69. The highest BCUT2D eigenvalue weighted by molar-refractivity contribution is 6.18. The van der Waals surface area contributed by atoms with Crippen LogP contribution in [0.25, 0.3) is 5.69 Å². The molecule has 0 saturated carbocycles. The zero-order chi connectivity index (χ0) is 17.4. The van der Waals surface area contributed by atoms with Gasteiger partial charge in [0.05, 0.1) is 44.1 Å². The topological polar surface area (TPSA) is 45.0 Å². The number of benzene rings is 2. The molecule has 0 bridgehead atoms. The highest BCUT2D eigenvalue weighted by Crippen LogP contribution is 2.38. The molecule has 0 aliphatic carbocycles. The number of rotatable bonds is 4. The lowest BCUT2D eigenvalue weighted by Gasteiger charge is -2.10. The molecule has 1 aromatic heterocycles. The number of ether oxygens (including phenoxy) is 3. The van der Waals surface area contributed by atoms with E-state index in [4.69, 9.17) is 19.2 Å². The van der Waals surface area contributed by atoms with Gasteiger partial charge in [-0.3, -0.25) is 0 Å². The second-order valence-corrected chi connectivity index (χ2v) is 5.65. The molecule has 0 atom stereocenters. The van der Waals surface area contributed by atoms with Gasteiger partial charge in [0.25, 0.3) is 0 Å². The van der Waals surface area contributed by atoms with Gasteiger partial charge in [-0.05, 0) is 42.5 Å². The van der Waals surface area contributed by atoms with Crippen LogP contribution in [-0.2, 0) is 0 Å². The lowest BCUT2D eigenvalue weighted by atomic mass is 10.1. The van der Waals surface area contributed by atoms with Gasteiger partial charge in [0.1, 0.15) is 5.75 Å². The quantitative estimate of drug-likeness (QED) is 0.567. The van der Waals surface area contributed by atoms with Crippen molar-refractivity contribution < 1.29 is 14.2 Å². The van der Waals surface area contributed by atoms with Crippen LogP contribution < -0.4 is 14.2 Å². The molecular weight excluding hydrogens is 316 g/mol. The second-order valence-electron chi connectivity index (χ2n) is 5.65. The van der Waals surface area contributed by atoms with Gasteiger partial charge in [-0.1, -0.05) is 0 Å². The van der Waals surface area contributed by atoms with Crippen molar-refractivity contribution in [1.29, 1.82) is 0 Å². The summed E-state index contributed by atoms with van der Waals surface area (Å²) in [5.74, 6) is 2.20. The van der Waals surface area contributed by atoms with Crippen molar-refractivity contribution in [2.75, 3.05) is 21.3 Å². The number of methoxy groups -OCH3 is 3. The monoisotopic (exact) mass is 334 g/mol. The molecule has 3 aromatic rings. The number of hydrogen-bond acceptors (Lipinski definition) is 4. The fourth-order valence-electron chi connectivity index (χ4n) is 3.08. The normalized spacial score (nSPS) is 13.5. The van der Waals surface area contributed by atoms with Crippen LogP contribution in [0.15, 0.2) is 59.7 Å². The molecule has 5 nitrogen and oxygen atoms in total. The average molecular weight is 334 g/mol. The zero-order valence-corrected chi connectivity index (χ0v) is 14.3. The summed E-state index contributed by atoms with van der Waals surface area (Å²) in [7, 11) is 4.93. The molecule has 0 saturated heterocycles. The SMILES string of the molecule is COc1ccc(N=C2c3cc(OC)c(OC)cc3-n3cccc32)cc1. The molecule has 1 aliphatic rings. The Labute approximate surface area is 146 Å². The summed E-state index contributed by atoms with van der Waals surface area (Å²) >= 11 is 0. The Morgan fingerprint density at radius 3 is 2.24 bits per heavy atom. The Balaban J connectivity index is 1.88. The fourth-order valence-corrected chi connectivity index (χ4v) is 3.08. The van der Waals surface area contributed by atoms with Gasteiger partial charge in [-0.2, -0.15) is 0 Å². The lowest BCUT2D eigenvalue weighted by Crippen LogP contribution is -1.99. The average Bonchev–Trinajstić information content (AvgIpc) is 3.24. The first-order valence-electron chi connectivity index (χ1n) is 7.92. The van der Waals surface area contributed by atoms with Gasteiger partial charge in [0, 0.05) is 17.8 Å². The molecule has 0 N–H and O–H groups in total. The molecule has 0 radical (unpaired) electrons. The summed E-state index contributed by atoms with van der Waals surface area (Å²) < 4.78 is 18.2. The van der Waals surface area contributed by atoms with Crippen molar-refractivity contribution >= 4 is 11.4 Å². The number of nitrogens with zero attached hydrogens (tertiary/aromatic N) is 2. The van der Waals surface area contributed by atoms with Gasteiger partial charge < -0.3 is 18.8 Å². The highest BCUT2D eigenvalue weighted by Gasteiger charge is 2.26. The minimum atomic E-state index is 0.689. The highest BCUT2D eigenvalue weighted by atomic mass is 16.5. The summed E-state index contributed by atoms with van der Waals surface area (Å²) in [6, 6.07) is 15.7. The Bertz CT molecular complexity index is 956. The summed E-state index contributed by atoms with van der Waals surface area (Å²) in [6.07, 6.45) is 2.02. The van der Waals surface area contributed by atoms with Crippen molar-refractivity contribution in [2.24, 2.45) is 4.99 Å². The number of fused-ring (bicyclic) bond motifs is 3. The fraction of sp³-hybridized carbons (Fsp3) is 0.150. The van der Waals surface area contributed by atoms with E-state index in [0.29, 0.717) is 11.5 Å². The molecule has 126 valence electrons. The third-order valence-corrected chi connectivity index (χ3v) is 4.32. The maximum atomic E-state index is 5.46. The van der Waals surface area contributed by atoms with E-state index in [2.05, 4.69) is 10.6 Å². The maximum absolute atomic E-state index is 5.46. The smallest absolute Gasteiger partial charge is 0.162 e. The summed E-state index contributed by atoms with van der Waals surface area (Å²) in [5.41, 5.74) is 4.87. The van der Waals surface area contributed by atoms with E-state index in [0.717, 1.165) is 34.1 Å². The standard InChI is InChI=1S/C20H18N2O3/c1-23-14-8-6-13(7-9-14)21-20-15-11-18(24-2)19(25-3)12-17(15)22-10-4-5-16(20)22/h4-12H,1-3H3. The third kappa shape index (κ3) is 2.45. The predicted molar refractivity (Wildman–Crippen MR) is 97.2 cm³/mol. The Morgan fingerprint density at radius 2 is 1.56 bits per heavy atom. The first-order valence-corrected chi connectivity index (χ1v) is 7.92. The number of aliphatic imine (C=N–C) groups is 1. The molecule has 2 aromatic carbocycles. The summed E-state index contributed by atoms with van der Waals surface area (Å²) in [4.78, 5) is 4.86. The van der Waals surface area contributed by atoms with Crippen LogP contribution >= 0.6 is 0 Å². The molecule has 0 unspecified atom stereocenters. The molecule has 0 fully saturated rings. The van der Waals surface area contributed by atoms with Gasteiger partial charge in [-0.25, -0.2) is 4.99 Å². The van der Waals surface area contributed by atoms with E-state index in [1.807, 2.05) is 48.7 Å². The molecule has 25 heavy (non-hydrogen) atoms. The zero-order valence-electron chi connectivity index (χ0n) is 14.3. The predicted octanol–water partition coefficient (Wildman–Crippen LogP) is 3.99. The van der Waals surface area contributed by atoms with Gasteiger partial charge >= 0.3 is 0 Å². The lowest BCUT2D eigenvalue weighted by molar-refractivity contribution is 0.355. The van der Waals surface area contributed by atoms with E-state index < -0.39 is 0 Å². The van der Waals surface area contributed by atoms with Crippen molar-refractivity contribution in [3.8, 4) is 22.9 Å². The third-order valence-electron chi connectivity index (χ3n) is 4.32. The van der Waals surface area contributed by atoms with Gasteiger partial charge in [0.2, 0.25) is 0 Å². The first-order chi connectivity index (χ1) is 12.2. The van der Waals surface area contributed by atoms with Crippen LogP contribution in [0.4, 0.5) is 5.69 Å². The molecule has 0 amide bonds. The van der Waals surface area contributed by atoms with Crippen LogP contribution in [-0.4, -0.2) is 31.6 Å². The van der Waals surface area contributed by atoms with Crippen LogP contribution in [0.5, 0.6) is 17.2 Å². The van der Waals surface area contributed by atoms with Crippen molar-refractivity contribution in [1.82, 2.24) is 4.57 Å². The molecule has 5 heteroatoms. The van der Waals surface area contributed by atoms with Crippen LogP contribution in [0.3, 0.4) is 0 Å². The van der Waals surface area contributed by atoms with Crippen molar-refractivity contribution in [3.63, 3.8) is 0 Å². The van der Waals surface area contributed by atoms with Gasteiger partial charge in [0.15, 0.2) is 11.5 Å². The molecule has 2 heterocycles. The summed E-state index contributed by atoms with van der Waals surface area (Å²) in [6.45, 7) is 0. The number of hydrogen-bond donors (Lipinski definition) is 0. The first kappa shape index (κ1) is 15.3. The molecule has 4 rings (SSSR count). The number of aromatic nitrogens is 1. The van der Waals surface area contributed by atoms with E-state index in [-0.39, 0.29) is 0 Å². The van der Waals surface area contributed by atoms with E-state index >= 15 is 0 Å². The second kappa shape index (κ2) is 6.02. The van der Waals surface area contributed by atoms with Crippen LogP contribution in [0, 0.1) is 0 Å². The maximum Gasteiger partial charge on any atom is 0.162 e. The van der Waals surface area contributed by atoms with Crippen molar-refractivity contribution in [2.45, 2.75) is 0 Å². The molecule has 1 aliphatic heterocycles. The van der Waals surface area contributed by atoms with Crippen molar-refractivity contribution in [3.05, 3.63) is 66.0 Å². The van der Waals surface area contributed by atoms with Crippen LogP contribution in [0.1, 0.15) is 11.3 Å².